The maximum absolute atomic E-state index is 14.4. The molecule has 27 heavy (non-hydrogen) atoms. The third-order valence-corrected chi connectivity index (χ3v) is 3.83. The van der Waals surface area contributed by atoms with Gasteiger partial charge in [-0.15, -0.1) is 5.10 Å². The summed E-state index contributed by atoms with van der Waals surface area (Å²) in [5.74, 6) is 0.752. The first-order chi connectivity index (χ1) is 13.0. The minimum Gasteiger partial charge on any atom is -0.491 e. The normalized spacial score (nSPS) is 14.7. The molecular weight excluding hydrogens is 356 g/mol. The quantitative estimate of drug-likeness (QED) is 0.683. The number of benzene rings is 1. The highest BCUT2D eigenvalue weighted by atomic mass is 19.1. The lowest BCUT2D eigenvalue weighted by Crippen LogP contribution is -2.26. The summed E-state index contributed by atoms with van der Waals surface area (Å²) in [5.41, 5.74) is 1.55. The van der Waals surface area contributed by atoms with Gasteiger partial charge in [0, 0.05) is 11.8 Å². The van der Waals surface area contributed by atoms with Crippen molar-refractivity contribution in [3.05, 3.63) is 54.6 Å². The number of aromatic nitrogens is 5. The number of alkyl halides is 2. The van der Waals surface area contributed by atoms with Gasteiger partial charge in [0.1, 0.15) is 18.2 Å². The number of halogens is 2. The molecule has 0 saturated heterocycles. The van der Waals surface area contributed by atoms with Gasteiger partial charge in [-0.05, 0) is 48.0 Å². The van der Waals surface area contributed by atoms with Crippen LogP contribution in [-0.2, 0) is 0 Å². The van der Waals surface area contributed by atoms with Crippen molar-refractivity contribution in [2.75, 3.05) is 0 Å². The van der Waals surface area contributed by atoms with E-state index in [1.54, 1.807) is 6.07 Å². The zero-order valence-corrected chi connectivity index (χ0v) is 14.8. The maximum Gasteiger partial charge on any atom is 0.224 e. The highest BCUT2D eigenvalue weighted by Gasteiger charge is 2.32. The van der Waals surface area contributed by atoms with Gasteiger partial charge in [-0.1, -0.05) is 18.2 Å². The van der Waals surface area contributed by atoms with Crippen LogP contribution in [0.5, 0.6) is 5.75 Å². The van der Waals surface area contributed by atoms with Crippen LogP contribution in [-0.4, -0.2) is 42.5 Å². The van der Waals surface area contributed by atoms with E-state index in [0.29, 0.717) is 4.68 Å². The number of rotatable bonds is 7. The lowest BCUT2D eigenvalue weighted by Gasteiger charge is -2.18. The van der Waals surface area contributed by atoms with Gasteiger partial charge < -0.3 is 9.84 Å². The van der Waals surface area contributed by atoms with Gasteiger partial charge in [0.15, 0.2) is 6.17 Å². The van der Waals surface area contributed by atoms with Crippen molar-refractivity contribution in [2.45, 2.75) is 38.5 Å². The Balaban J connectivity index is 1.71. The zero-order chi connectivity index (χ0) is 19.4. The van der Waals surface area contributed by atoms with Crippen LogP contribution in [0.15, 0.2) is 48.9 Å². The summed E-state index contributed by atoms with van der Waals surface area (Å²) < 4.78 is 34.7. The molecule has 142 valence electrons. The molecule has 0 aliphatic carbocycles. The molecule has 1 N–H and O–H groups in total. The smallest absolute Gasteiger partial charge is 0.224 e. The average molecular weight is 375 g/mol. The molecule has 3 rings (SSSR count). The van der Waals surface area contributed by atoms with Crippen LogP contribution < -0.4 is 4.74 Å². The van der Waals surface area contributed by atoms with Crippen molar-refractivity contribution in [3.63, 3.8) is 0 Å². The highest BCUT2D eigenvalue weighted by molar-refractivity contribution is 5.63. The molecule has 0 aliphatic heterocycles. The summed E-state index contributed by atoms with van der Waals surface area (Å²) in [6.45, 7) is 3.89. The molecule has 9 heteroatoms. The molecule has 0 fully saturated rings. The first-order valence-corrected chi connectivity index (χ1v) is 8.37. The van der Waals surface area contributed by atoms with Gasteiger partial charge in [0.25, 0.3) is 0 Å². The van der Waals surface area contributed by atoms with E-state index in [2.05, 4.69) is 20.5 Å². The SMILES string of the molecule is CC(C)Oc1ccc(-c2ccc(C(F)C(O)C(F)n3cnnn3)nc2)cc1. The molecule has 0 bridgehead atoms. The number of ether oxygens (including phenoxy) is 1. The molecule has 0 aliphatic rings. The molecule has 2 aromatic heterocycles. The number of hydrogen-bond acceptors (Lipinski definition) is 6. The number of hydrogen-bond donors (Lipinski definition) is 1. The molecule has 0 radical (unpaired) electrons. The van der Waals surface area contributed by atoms with E-state index in [9.17, 15) is 13.9 Å². The Bertz CT molecular complexity index is 841. The van der Waals surface area contributed by atoms with Gasteiger partial charge in [-0.25, -0.2) is 8.78 Å². The summed E-state index contributed by atoms with van der Waals surface area (Å²) in [7, 11) is 0. The average Bonchev–Trinajstić information content (AvgIpc) is 3.21. The molecule has 3 aromatic rings. The Hall–Kier alpha value is -2.94. The second-order valence-electron chi connectivity index (χ2n) is 6.22. The first kappa shape index (κ1) is 18.8. The Morgan fingerprint density at radius 2 is 1.74 bits per heavy atom. The van der Waals surface area contributed by atoms with Crippen LogP contribution in [0.3, 0.4) is 0 Å². The van der Waals surface area contributed by atoms with Crippen molar-refractivity contribution in [1.29, 1.82) is 0 Å². The van der Waals surface area contributed by atoms with E-state index >= 15 is 0 Å². The number of tetrazole rings is 1. The van der Waals surface area contributed by atoms with Gasteiger partial charge in [-0.2, -0.15) is 4.68 Å². The molecule has 1 aromatic carbocycles. The van der Waals surface area contributed by atoms with Crippen LogP contribution in [0.25, 0.3) is 11.1 Å². The second-order valence-corrected chi connectivity index (χ2v) is 6.22. The van der Waals surface area contributed by atoms with Crippen LogP contribution in [0, 0.1) is 0 Å². The molecule has 0 saturated carbocycles. The van der Waals surface area contributed by atoms with E-state index in [4.69, 9.17) is 4.74 Å². The van der Waals surface area contributed by atoms with Crippen molar-refractivity contribution in [1.82, 2.24) is 25.2 Å². The van der Waals surface area contributed by atoms with Crippen molar-refractivity contribution in [3.8, 4) is 16.9 Å². The fourth-order valence-corrected chi connectivity index (χ4v) is 2.49. The predicted octanol–water partition coefficient (Wildman–Crippen LogP) is 3.06. The fourth-order valence-electron chi connectivity index (χ4n) is 2.49. The van der Waals surface area contributed by atoms with Crippen molar-refractivity contribution < 1.29 is 18.6 Å². The Kier molecular flexibility index (Phi) is 5.70. The lowest BCUT2D eigenvalue weighted by molar-refractivity contribution is -0.0294. The summed E-state index contributed by atoms with van der Waals surface area (Å²) >= 11 is 0. The first-order valence-electron chi connectivity index (χ1n) is 8.37. The van der Waals surface area contributed by atoms with Gasteiger partial charge >= 0.3 is 0 Å². The highest BCUT2D eigenvalue weighted by Crippen LogP contribution is 2.29. The molecular formula is C18H19F2N5O2. The Morgan fingerprint density at radius 1 is 1.04 bits per heavy atom. The number of pyridine rings is 1. The molecule has 0 spiro atoms. The van der Waals surface area contributed by atoms with Gasteiger partial charge in [-0.3, -0.25) is 4.98 Å². The minimum atomic E-state index is -2.12. The summed E-state index contributed by atoms with van der Waals surface area (Å²) in [5, 5.41) is 19.7. The Morgan fingerprint density at radius 3 is 2.30 bits per heavy atom. The summed E-state index contributed by atoms with van der Waals surface area (Å²) in [4.78, 5) is 4.02. The molecule has 3 atom stereocenters. The van der Waals surface area contributed by atoms with E-state index < -0.39 is 18.6 Å². The molecule has 2 heterocycles. The third-order valence-electron chi connectivity index (χ3n) is 3.83. The topological polar surface area (TPSA) is 86.0 Å². The van der Waals surface area contributed by atoms with Gasteiger partial charge in [0.2, 0.25) is 6.30 Å². The van der Waals surface area contributed by atoms with Crippen LogP contribution in [0.2, 0.25) is 0 Å². The van der Waals surface area contributed by atoms with Crippen molar-refractivity contribution >= 4 is 0 Å². The van der Waals surface area contributed by atoms with E-state index in [-0.39, 0.29) is 11.8 Å². The lowest BCUT2D eigenvalue weighted by atomic mass is 10.1. The summed E-state index contributed by atoms with van der Waals surface area (Å²) in [6.07, 6.45) is -3.62. The zero-order valence-electron chi connectivity index (χ0n) is 14.8. The van der Waals surface area contributed by atoms with Crippen LogP contribution >= 0.6 is 0 Å². The van der Waals surface area contributed by atoms with E-state index in [1.807, 2.05) is 38.1 Å². The number of nitrogens with zero attached hydrogens (tertiary/aromatic N) is 5. The predicted molar refractivity (Wildman–Crippen MR) is 93.3 cm³/mol. The second kappa shape index (κ2) is 8.17. The fraction of sp³-hybridized carbons (Fsp3) is 0.333. The molecule has 7 nitrogen and oxygen atoms in total. The molecule has 3 unspecified atom stereocenters. The maximum atomic E-state index is 14.4. The van der Waals surface area contributed by atoms with Gasteiger partial charge in [0.05, 0.1) is 11.8 Å². The monoisotopic (exact) mass is 375 g/mol. The third kappa shape index (κ3) is 4.43. The minimum absolute atomic E-state index is 0.0809. The van der Waals surface area contributed by atoms with Crippen molar-refractivity contribution in [2.24, 2.45) is 0 Å². The standard InChI is InChI=1S/C18H19F2N5O2/c1-11(2)27-14-6-3-12(4-7-14)13-5-8-15(21-9-13)16(19)17(26)18(20)25-10-22-23-24-25/h3-11,16-18,26H,1-2H3. The number of aliphatic hydroxyl groups is 1. The largest absolute Gasteiger partial charge is 0.491 e. The Labute approximate surface area is 154 Å². The van der Waals surface area contributed by atoms with E-state index in [1.165, 1.54) is 12.3 Å². The summed E-state index contributed by atoms with van der Waals surface area (Å²) in [6, 6.07) is 10.5. The van der Waals surface area contributed by atoms with E-state index in [0.717, 1.165) is 23.2 Å². The van der Waals surface area contributed by atoms with Crippen LogP contribution in [0.1, 0.15) is 32.0 Å². The molecule has 0 amide bonds. The number of aliphatic hydroxyl groups excluding tert-OH is 1. The van der Waals surface area contributed by atoms with Crippen LogP contribution in [0.4, 0.5) is 8.78 Å².